The first-order valence-electron chi connectivity index (χ1n) is 6.50. The molecule has 1 aromatic heterocycles. The Morgan fingerprint density at radius 2 is 1.79 bits per heavy atom. The first-order chi connectivity index (χ1) is 10.7. The number of aryl methyl sites for hydroxylation is 1. The first-order valence-corrected chi connectivity index (χ1v) is 6.50. The quantitative estimate of drug-likeness (QED) is 0.257. The van der Waals surface area contributed by atoms with Gasteiger partial charge in [0.05, 0.1) is 18.8 Å². The summed E-state index contributed by atoms with van der Waals surface area (Å²) in [4.78, 5) is 20.7. The van der Waals surface area contributed by atoms with Gasteiger partial charge in [0.15, 0.2) is 0 Å². The Morgan fingerprint density at radius 1 is 1.25 bits per heavy atom. The van der Waals surface area contributed by atoms with Crippen LogP contribution in [0.3, 0.4) is 0 Å². The van der Waals surface area contributed by atoms with Gasteiger partial charge in [0.1, 0.15) is 30.2 Å². The molecule has 0 unspecified atom stereocenters. The van der Waals surface area contributed by atoms with Crippen molar-refractivity contribution in [2.75, 3.05) is 6.61 Å². The van der Waals surface area contributed by atoms with Crippen LogP contribution >= 0.6 is 0 Å². The largest absolute Gasteiger partial charge is 2.00 e. The summed E-state index contributed by atoms with van der Waals surface area (Å²) in [5.41, 5.74) is -0.386. The zero-order valence-electron chi connectivity index (χ0n) is 12.9. The second-order valence-corrected chi connectivity index (χ2v) is 4.41. The molecule has 0 saturated heterocycles. The van der Waals surface area contributed by atoms with Gasteiger partial charge < -0.3 is 45.0 Å². The Bertz CT molecular complexity index is 546. The standard InChI is InChI=1S/C7H8O3.C6H12O7.Zn/c1-2-6-7(9)5(8)3-4-10-6;7-1-2(8)3(9)4(10)5(11)6(12)13;/h3-4,9H,2H2,1H3;2-5,7-11H,1H2,(H,12,13);/q;;+2/p-1/t;2-,3-,4+,5-;/m.1./s1. The van der Waals surface area contributed by atoms with E-state index in [-0.39, 0.29) is 30.7 Å². The maximum absolute atomic E-state index is 10.7. The van der Waals surface area contributed by atoms with Crippen molar-refractivity contribution in [3.05, 3.63) is 28.3 Å². The van der Waals surface area contributed by atoms with Crippen LogP contribution < -0.4 is 10.5 Å². The van der Waals surface area contributed by atoms with E-state index in [4.69, 9.17) is 35.1 Å². The molecule has 6 N–H and O–H groups in total. The third-order valence-electron chi connectivity index (χ3n) is 2.74. The van der Waals surface area contributed by atoms with Crippen LogP contribution in [0.1, 0.15) is 12.7 Å². The molecule has 0 bridgehead atoms. The van der Waals surface area contributed by atoms with Crippen LogP contribution in [-0.4, -0.2) is 67.6 Å². The third-order valence-corrected chi connectivity index (χ3v) is 2.74. The van der Waals surface area contributed by atoms with Crippen molar-refractivity contribution < 1.29 is 64.4 Å². The van der Waals surface area contributed by atoms with Gasteiger partial charge in [-0.1, -0.05) is 6.92 Å². The molecular weight excluding hydrogens is 382 g/mol. The topological polar surface area (TPSA) is 192 Å². The molecule has 0 radical (unpaired) electrons. The number of carbonyl (C=O) groups is 1. The molecule has 0 amide bonds. The minimum atomic E-state index is -2.31. The number of aliphatic hydroxyl groups excluding tert-OH is 5. The Hall–Kier alpha value is -1.36. The van der Waals surface area contributed by atoms with Crippen LogP contribution in [0.5, 0.6) is 5.75 Å². The van der Waals surface area contributed by atoms with Crippen LogP contribution in [-0.2, 0) is 30.7 Å². The zero-order valence-corrected chi connectivity index (χ0v) is 15.9. The molecule has 0 saturated carbocycles. The van der Waals surface area contributed by atoms with Gasteiger partial charge in [-0.05, 0) is 0 Å². The van der Waals surface area contributed by atoms with E-state index in [1.54, 1.807) is 6.92 Å². The van der Waals surface area contributed by atoms with Gasteiger partial charge in [0.2, 0.25) is 11.2 Å². The maximum atomic E-state index is 10.7. The Kier molecular flexibility index (Phi) is 12.5. The van der Waals surface area contributed by atoms with E-state index in [1.807, 2.05) is 0 Å². The Balaban J connectivity index is 0. The van der Waals surface area contributed by atoms with Crippen molar-refractivity contribution in [3.8, 4) is 5.75 Å². The molecule has 4 atom stereocenters. The molecule has 0 aromatic carbocycles. The van der Waals surface area contributed by atoms with Crippen LogP contribution in [0, 0.1) is 0 Å². The Labute approximate surface area is 149 Å². The number of aromatic hydroxyl groups is 1. The van der Waals surface area contributed by atoms with E-state index in [1.165, 1.54) is 12.3 Å². The number of aliphatic carboxylic acids is 1. The van der Waals surface area contributed by atoms with Gasteiger partial charge in [-0.2, -0.15) is 0 Å². The number of aliphatic hydroxyl groups is 5. The van der Waals surface area contributed by atoms with Crippen molar-refractivity contribution in [2.45, 2.75) is 37.8 Å². The molecule has 0 spiro atoms. The van der Waals surface area contributed by atoms with Crippen LogP contribution in [0.15, 0.2) is 21.5 Å². The SMILES string of the molecule is CCc1occc(=O)c1O.O=C([O-])[C@H](O)[C@@H](O)[C@H](O)[C@H](O)CO.[Zn+2]. The second-order valence-electron chi connectivity index (χ2n) is 4.41. The number of hydrogen-bond donors (Lipinski definition) is 6. The summed E-state index contributed by atoms with van der Waals surface area (Å²) >= 11 is 0. The van der Waals surface area contributed by atoms with Crippen LogP contribution in [0.25, 0.3) is 0 Å². The van der Waals surface area contributed by atoms with Crippen molar-refractivity contribution in [1.82, 2.24) is 0 Å². The Morgan fingerprint density at radius 3 is 2.17 bits per heavy atom. The summed E-state index contributed by atoms with van der Waals surface area (Å²) < 4.78 is 4.84. The average Bonchev–Trinajstić information content (AvgIpc) is 2.54. The molecule has 0 aliphatic heterocycles. The smallest absolute Gasteiger partial charge is 0.547 e. The van der Waals surface area contributed by atoms with E-state index >= 15 is 0 Å². The summed E-state index contributed by atoms with van der Waals surface area (Å²) in [7, 11) is 0. The predicted molar refractivity (Wildman–Crippen MR) is 72.1 cm³/mol. The van der Waals surface area contributed by atoms with Crippen molar-refractivity contribution in [3.63, 3.8) is 0 Å². The number of hydrogen-bond acceptors (Lipinski definition) is 10. The minimum absolute atomic E-state index is 0. The average molecular weight is 401 g/mol. The monoisotopic (exact) mass is 399 g/mol. The molecule has 0 aliphatic carbocycles. The molecule has 10 nitrogen and oxygen atoms in total. The molecule has 0 fully saturated rings. The number of rotatable bonds is 6. The van der Waals surface area contributed by atoms with Gasteiger partial charge in [0.25, 0.3) is 0 Å². The number of carbonyl (C=O) groups excluding carboxylic acids is 1. The van der Waals surface area contributed by atoms with Crippen LogP contribution in [0.4, 0.5) is 0 Å². The van der Waals surface area contributed by atoms with Crippen molar-refractivity contribution in [1.29, 1.82) is 0 Å². The summed E-state index contributed by atoms with van der Waals surface area (Å²) in [6, 6.07) is 1.19. The van der Waals surface area contributed by atoms with Crippen molar-refractivity contribution >= 4 is 5.97 Å². The fraction of sp³-hybridized carbons (Fsp3) is 0.538. The normalized spacial score (nSPS) is 15.1. The number of carboxylic acids is 1. The summed E-state index contributed by atoms with van der Waals surface area (Å²) in [5, 5.41) is 62.4. The predicted octanol–water partition coefficient (Wildman–Crippen LogP) is -3.92. The van der Waals surface area contributed by atoms with E-state index in [2.05, 4.69) is 0 Å². The van der Waals surface area contributed by atoms with Gasteiger partial charge in [-0.15, -0.1) is 0 Å². The van der Waals surface area contributed by atoms with Crippen LogP contribution in [0.2, 0.25) is 0 Å². The molecular formula is C13H19O10Zn+. The van der Waals surface area contributed by atoms with Gasteiger partial charge in [0, 0.05) is 12.5 Å². The summed E-state index contributed by atoms with van der Waals surface area (Å²) in [5.74, 6) is -1.91. The van der Waals surface area contributed by atoms with E-state index < -0.39 is 37.0 Å². The van der Waals surface area contributed by atoms with Gasteiger partial charge >= 0.3 is 19.5 Å². The maximum Gasteiger partial charge on any atom is 2.00 e. The fourth-order valence-electron chi connectivity index (χ4n) is 1.36. The molecule has 132 valence electrons. The first kappa shape index (κ1) is 24.9. The van der Waals surface area contributed by atoms with Gasteiger partial charge in [-0.25, -0.2) is 0 Å². The van der Waals surface area contributed by atoms with E-state index in [0.29, 0.717) is 12.2 Å². The molecule has 1 aromatic rings. The molecule has 11 heteroatoms. The van der Waals surface area contributed by atoms with E-state index in [9.17, 15) is 14.7 Å². The summed E-state index contributed by atoms with van der Waals surface area (Å²) in [6.07, 6.45) is -6.27. The van der Waals surface area contributed by atoms with E-state index in [0.717, 1.165) is 0 Å². The fourth-order valence-corrected chi connectivity index (χ4v) is 1.36. The second kappa shape index (κ2) is 12.1. The summed E-state index contributed by atoms with van der Waals surface area (Å²) in [6.45, 7) is 0.940. The molecule has 24 heavy (non-hydrogen) atoms. The molecule has 1 rings (SSSR count). The van der Waals surface area contributed by atoms with Crippen molar-refractivity contribution in [2.24, 2.45) is 0 Å². The molecule has 1 heterocycles. The zero-order chi connectivity index (χ0) is 18.2. The third kappa shape index (κ3) is 7.48. The molecule has 0 aliphatic rings. The minimum Gasteiger partial charge on any atom is -0.547 e. The number of carboxylic acid groups (broad SMARTS) is 1. The van der Waals surface area contributed by atoms with Gasteiger partial charge in [-0.3, -0.25) is 4.79 Å².